The third-order valence-electron chi connectivity index (χ3n) is 1.88. The van der Waals surface area contributed by atoms with Crippen molar-refractivity contribution in [3.63, 3.8) is 0 Å². The van der Waals surface area contributed by atoms with E-state index >= 15 is 0 Å². The summed E-state index contributed by atoms with van der Waals surface area (Å²) in [6.07, 6.45) is 0.269. The van der Waals surface area contributed by atoms with Gasteiger partial charge in [0.25, 0.3) is 0 Å². The van der Waals surface area contributed by atoms with E-state index in [4.69, 9.17) is 4.74 Å². The zero-order valence-corrected chi connectivity index (χ0v) is 10.5. The molecule has 5 heteroatoms. The molecule has 1 aromatic carbocycles. The number of carbonyl (C=O) groups excluding carboxylic acids is 1. The maximum absolute atomic E-state index is 13.1. The highest BCUT2D eigenvalue weighted by atomic mass is 79.9. The lowest BCUT2D eigenvalue weighted by Gasteiger charge is -2.05. The largest absolute Gasteiger partial charge is 0.381 e. The van der Waals surface area contributed by atoms with Crippen LogP contribution < -0.4 is 5.32 Å². The number of nitrogens with one attached hydrogen (secondary N) is 1. The maximum Gasteiger partial charge on any atom is 0.226 e. The summed E-state index contributed by atoms with van der Waals surface area (Å²) in [5.74, 6) is -0.585. The number of hydrogen-bond donors (Lipinski definition) is 1. The summed E-state index contributed by atoms with van der Waals surface area (Å²) in [5, 5.41) is 2.59. The van der Waals surface area contributed by atoms with Gasteiger partial charge in [0, 0.05) is 12.3 Å². The Hall–Kier alpha value is -0.940. The molecular formula is C11H13BrFNO2. The Morgan fingerprint density at radius 3 is 2.94 bits per heavy atom. The number of halogens is 2. The summed E-state index contributed by atoms with van der Waals surface area (Å²) in [6.45, 7) is 2.82. The summed E-state index contributed by atoms with van der Waals surface area (Å²) in [6, 6.07) is 4.45. The van der Waals surface area contributed by atoms with E-state index in [-0.39, 0.29) is 12.3 Å². The van der Waals surface area contributed by atoms with Crippen molar-refractivity contribution >= 4 is 27.5 Å². The molecule has 0 bridgehead atoms. The summed E-state index contributed by atoms with van der Waals surface area (Å²) < 4.78 is 18.5. The maximum atomic E-state index is 13.1. The number of amides is 1. The molecule has 1 rings (SSSR count). The van der Waals surface area contributed by atoms with E-state index in [0.717, 1.165) is 0 Å². The molecule has 1 aromatic rings. The van der Waals surface area contributed by atoms with Crippen molar-refractivity contribution in [2.45, 2.75) is 13.3 Å². The molecule has 16 heavy (non-hydrogen) atoms. The fourth-order valence-electron chi connectivity index (χ4n) is 1.11. The first-order valence-electron chi connectivity index (χ1n) is 4.96. The van der Waals surface area contributed by atoms with Gasteiger partial charge in [-0.2, -0.15) is 0 Å². The molecule has 0 aliphatic rings. The molecule has 3 nitrogen and oxygen atoms in total. The Morgan fingerprint density at radius 2 is 2.31 bits per heavy atom. The van der Waals surface area contributed by atoms with Crippen molar-refractivity contribution in [3.8, 4) is 0 Å². The van der Waals surface area contributed by atoms with Crippen LogP contribution in [0.2, 0.25) is 0 Å². The van der Waals surface area contributed by atoms with Crippen LogP contribution in [0, 0.1) is 5.82 Å². The predicted molar refractivity (Wildman–Crippen MR) is 63.8 cm³/mol. The van der Waals surface area contributed by atoms with Gasteiger partial charge in [0.15, 0.2) is 0 Å². The molecule has 0 aliphatic carbocycles. The highest BCUT2D eigenvalue weighted by Crippen LogP contribution is 2.19. The van der Waals surface area contributed by atoms with E-state index in [9.17, 15) is 9.18 Å². The molecule has 0 radical (unpaired) electrons. The van der Waals surface area contributed by atoms with Crippen LogP contribution in [0.15, 0.2) is 22.7 Å². The zero-order valence-electron chi connectivity index (χ0n) is 8.93. The average molecular weight is 290 g/mol. The Balaban J connectivity index is 2.46. The van der Waals surface area contributed by atoms with Gasteiger partial charge in [-0.05, 0) is 41.1 Å². The highest BCUT2D eigenvalue weighted by Gasteiger charge is 2.04. The van der Waals surface area contributed by atoms with Crippen LogP contribution in [0.25, 0.3) is 0 Å². The van der Waals surface area contributed by atoms with Gasteiger partial charge in [-0.15, -0.1) is 0 Å². The lowest BCUT2D eigenvalue weighted by Crippen LogP contribution is -2.14. The molecule has 0 fully saturated rings. The van der Waals surface area contributed by atoms with Gasteiger partial charge in [0.05, 0.1) is 17.5 Å². The number of hydrogen-bond acceptors (Lipinski definition) is 2. The van der Waals surface area contributed by atoms with Crippen LogP contribution in [0.3, 0.4) is 0 Å². The third kappa shape index (κ3) is 4.28. The van der Waals surface area contributed by atoms with Gasteiger partial charge >= 0.3 is 0 Å². The van der Waals surface area contributed by atoms with E-state index in [1.807, 2.05) is 6.92 Å². The van der Waals surface area contributed by atoms with E-state index in [1.165, 1.54) is 6.07 Å². The molecular weight excluding hydrogens is 277 g/mol. The van der Waals surface area contributed by atoms with Crippen molar-refractivity contribution in [2.24, 2.45) is 0 Å². The molecule has 0 atom stereocenters. The number of carbonyl (C=O) groups is 1. The quantitative estimate of drug-likeness (QED) is 0.847. The van der Waals surface area contributed by atoms with Crippen LogP contribution in [0.4, 0.5) is 10.1 Å². The number of benzene rings is 1. The number of rotatable bonds is 5. The third-order valence-corrected chi connectivity index (χ3v) is 2.52. The summed E-state index contributed by atoms with van der Waals surface area (Å²) >= 11 is 3.04. The van der Waals surface area contributed by atoms with Gasteiger partial charge in [-0.1, -0.05) is 0 Å². The first-order chi connectivity index (χ1) is 7.63. The van der Waals surface area contributed by atoms with E-state index in [0.29, 0.717) is 23.4 Å². The Bertz CT molecular complexity index is 371. The first-order valence-corrected chi connectivity index (χ1v) is 5.75. The van der Waals surface area contributed by atoms with Crippen molar-refractivity contribution in [2.75, 3.05) is 18.5 Å². The zero-order chi connectivity index (χ0) is 12.0. The standard InChI is InChI=1S/C11H13BrFNO2/c1-2-16-6-5-11(15)14-8-3-4-9(12)10(13)7-8/h3-4,7H,2,5-6H2,1H3,(H,14,15). The molecule has 0 saturated heterocycles. The molecule has 0 heterocycles. The van der Waals surface area contributed by atoms with Crippen molar-refractivity contribution < 1.29 is 13.9 Å². The second kappa shape index (κ2) is 6.60. The van der Waals surface area contributed by atoms with Crippen LogP contribution in [0.5, 0.6) is 0 Å². The van der Waals surface area contributed by atoms with Crippen LogP contribution in [0.1, 0.15) is 13.3 Å². The summed E-state index contributed by atoms with van der Waals surface area (Å²) in [5.41, 5.74) is 0.446. The van der Waals surface area contributed by atoms with Crippen LogP contribution >= 0.6 is 15.9 Å². The fraction of sp³-hybridized carbons (Fsp3) is 0.364. The molecule has 0 spiro atoms. The van der Waals surface area contributed by atoms with Gasteiger partial charge in [0.2, 0.25) is 5.91 Å². The fourth-order valence-corrected chi connectivity index (χ4v) is 1.35. The number of anilines is 1. The Labute approximate surface area is 102 Å². The van der Waals surface area contributed by atoms with Crippen LogP contribution in [-0.4, -0.2) is 19.1 Å². The minimum atomic E-state index is -0.400. The monoisotopic (exact) mass is 289 g/mol. The smallest absolute Gasteiger partial charge is 0.226 e. The van der Waals surface area contributed by atoms with E-state index in [2.05, 4.69) is 21.2 Å². The van der Waals surface area contributed by atoms with Crippen molar-refractivity contribution in [1.29, 1.82) is 0 Å². The average Bonchev–Trinajstić information content (AvgIpc) is 2.24. The lowest BCUT2D eigenvalue weighted by atomic mass is 10.3. The van der Waals surface area contributed by atoms with Gasteiger partial charge < -0.3 is 10.1 Å². The van der Waals surface area contributed by atoms with E-state index < -0.39 is 5.82 Å². The minimum absolute atomic E-state index is 0.185. The van der Waals surface area contributed by atoms with Crippen LogP contribution in [-0.2, 0) is 9.53 Å². The van der Waals surface area contributed by atoms with Crippen molar-refractivity contribution in [1.82, 2.24) is 0 Å². The molecule has 0 aromatic heterocycles. The van der Waals surface area contributed by atoms with Gasteiger partial charge in [-0.25, -0.2) is 4.39 Å². The molecule has 1 amide bonds. The first kappa shape index (κ1) is 13.1. The molecule has 88 valence electrons. The molecule has 0 saturated carbocycles. The summed E-state index contributed by atoms with van der Waals surface area (Å²) in [7, 11) is 0. The Kier molecular flexibility index (Phi) is 5.42. The van der Waals surface area contributed by atoms with E-state index in [1.54, 1.807) is 12.1 Å². The minimum Gasteiger partial charge on any atom is -0.381 e. The highest BCUT2D eigenvalue weighted by molar-refractivity contribution is 9.10. The molecule has 0 aliphatic heterocycles. The second-order valence-corrected chi connectivity index (χ2v) is 3.98. The number of ether oxygens (including phenoxy) is 1. The topological polar surface area (TPSA) is 38.3 Å². The van der Waals surface area contributed by atoms with Gasteiger partial charge in [0.1, 0.15) is 5.82 Å². The summed E-state index contributed by atoms with van der Waals surface area (Å²) in [4.78, 5) is 11.4. The van der Waals surface area contributed by atoms with Crippen molar-refractivity contribution in [3.05, 3.63) is 28.5 Å². The SMILES string of the molecule is CCOCCC(=O)Nc1ccc(Br)c(F)c1. The molecule has 0 unspecified atom stereocenters. The predicted octanol–water partition coefficient (Wildman–Crippen LogP) is 2.95. The van der Waals surface area contributed by atoms with Gasteiger partial charge in [-0.3, -0.25) is 4.79 Å². The lowest BCUT2D eigenvalue weighted by molar-refractivity contribution is -0.117. The normalized spacial score (nSPS) is 10.2. The molecule has 1 N–H and O–H groups in total. The Morgan fingerprint density at radius 1 is 1.56 bits per heavy atom. The second-order valence-electron chi connectivity index (χ2n) is 3.12.